The molecule has 5 heteroatoms. The summed E-state index contributed by atoms with van der Waals surface area (Å²) >= 11 is 11.5. The highest BCUT2D eigenvalue weighted by Crippen LogP contribution is 2.18. The third kappa shape index (κ3) is 4.20. The van der Waals surface area contributed by atoms with E-state index in [0.717, 1.165) is 14.5 Å². The van der Waals surface area contributed by atoms with Gasteiger partial charge < -0.3 is 5.32 Å². The second-order valence-electron chi connectivity index (χ2n) is 4.26. The van der Waals surface area contributed by atoms with Crippen LogP contribution in [0.2, 0.25) is 5.02 Å². The molecule has 0 saturated heterocycles. The highest BCUT2D eigenvalue weighted by Gasteiger charge is 2.10. The maximum Gasteiger partial charge on any atom is 0.252 e. The van der Waals surface area contributed by atoms with Crippen molar-refractivity contribution in [3.63, 3.8) is 0 Å². The molecule has 0 aliphatic rings. The number of carbonyl (C=O) groups excluding carboxylic acids is 1. The molecule has 0 unspecified atom stereocenters. The first-order valence-corrected chi connectivity index (χ1v) is 8.55. The van der Waals surface area contributed by atoms with E-state index in [4.69, 9.17) is 11.6 Å². The van der Waals surface area contributed by atoms with Gasteiger partial charge in [-0.3, -0.25) is 4.79 Å². The van der Waals surface area contributed by atoms with Crippen LogP contribution in [0.3, 0.4) is 0 Å². The maximum absolute atomic E-state index is 12.2. The van der Waals surface area contributed by atoms with Crippen molar-refractivity contribution in [2.75, 3.05) is 0 Å². The normalized spacial score (nSPS) is 10.3. The molecule has 0 aromatic heterocycles. The van der Waals surface area contributed by atoms with Gasteiger partial charge in [0.05, 0.1) is 5.56 Å². The van der Waals surface area contributed by atoms with E-state index in [1.807, 2.05) is 24.3 Å². The van der Waals surface area contributed by atoms with Crippen LogP contribution < -0.4 is 5.32 Å². The Morgan fingerprint density at radius 1 is 1.20 bits per heavy atom. The van der Waals surface area contributed by atoms with Crippen molar-refractivity contribution in [3.05, 3.63) is 67.7 Å². The minimum absolute atomic E-state index is 0.110. The van der Waals surface area contributed by atoms with Crippen LogP contribution >= 0.6 is 50.1 Å². The summed E-state index contributed by atoms with van der Waals surface area (Å²) in [6.45, 7) is 0.502. The molecule has 2 aromatic carbocycles. The fourth-order valence-electron chi connectivity index (χ4n) is 1.77. The van der Waals surface area contributed by atoms with Crippen molar-refractivity contribution in [2.24, 2.45) is 0 Å². The minimum atomic E-state index is -0.110. The van der Waals surface area contributed by atoms with E-state index in [9.17, 15) is 4.79 Å². The van der Waals surface area contributed by atoms with Crippen LogP contribution in [0, 0.1) is 3.57 Å². The van der Waals surface area contributed by atoms with E-state index in [-0.39, 0.29) is 5.91 Å². The number of hydrogen-bond acceptors (Lipinski definition) is 1. The van der Waals surface area contributed by atoms with Crippen LogP contribution in [0.1, 0.15) is 21.5 Å². The van der Waals surface area contributed by atoms with Gasteiger partial charge in [0.1, 0.15) is 0 Å². The zero-order valence-electron chi connectivity index (χ0n) is 10.5. The van der Waals surface area contributed by atoms with E-state index in [2.05, 4.69) is 49.9 Å². The largest absolute Gasteiger partial charge is 0.348 e. The van der Waals surface area contributed by atoms with Gasteiger partial charge in [0, 0.05) is 20.5 Å². The van der Waals surface area contributed by atoms with Gasteiger partial charge >= 0.3 is 0 Å². The van der Waals surface area contributed by atoms with Crippen LogP contribution in [0.25, 0.3) is 0 Å². The predicted molar refractivity (Wildman–Crippen MR) is 94.4 cm³/mol. The van der Waals surface area contributed by atoms with Crippen LogP contribution in [-0.2, 0) is 11.9 Å². The van der Waals surface area contributed by atoms with Gasteiger partial charge in [-0.1, -0.05) is 51.8 Å². The van der Waals surface area contributed by atoms with Crippen molar-refractivity contribution >= 4 is 56.0 Å². The number of nitrogens with one attached hydrogen (secondary N) is 1. The van der Waals surface area contributed by atoms with Crippen molar-refractivity contribution in [1.82, 2.24) is 5.32 Å². The number of benzene rings is 2. The van der Waals surface area contributed by atoms with Crippen LogP contribution in [0.4, 0.5) is 0 Å². The number of hydrogen-bond donors (Lipinski definition) is 1. The molecule has 0 radical (unpaired) electrons. The predicted octanol–water partition coefficient (Wildman–Crippen LogP) is 4.77. The Balaban J connectivity index is 2.06. The summed E-state index contributed by atoms with van der Waals surface area (Å²) < 4.78 is 0.888. The van der Waals surface area contributed by atoms with E-state index in [0.29, 0.717) is 17.1 Å². The highest BCUT2D eigenvalue weighted by atomic mass is 127. The average molecular weight is 465 g/mol. The molecule has 2 rings (SSSR count). The average Bonchev–Trinajstić information content (AvgIpc) is 2.47. The van der Waals surface area contributed by atoms with Crippen LogP contribution in [0.5, 0.6) is 0 Å². The number of amides is 1. The lowest BCUT2D eigenvalue weighted by Crippen LogP contribution is -2.23. The van der Waals surface area contributed by atoms with Gasteiger partial charge in [-0.2, -0.15) is 0 Å². The lowest BCUT2D eigenvalue weighted by molar-refractivity contribution is 0.0950. The molecule has 0 bridgehead atoms. The van der Waals surface area contributed by atoms with Crippen LogP contribution in [-0.4, -0.2) is 5.91 Å². The van der Waals surface area contributed by atoms with Crippen molar-refractivity contribution in [1.29, 1.82) is 0 Å². The molecule has 2 aromatic rings. The molecule has 1 N–H and O–H groups in total. The van der Waals surface area contributed by atoms with Gasteiger partial charge in [-0.25, -0.2) is 0 Å². The second kappa shape index (κ2) is 7.43. The van der Waals surface area contributed by atoms with Crippen molar-refractivity contribution in [3.8, 4) is 0 Å². The molecule has 0 heterocycles. The summed E-state index contributed by atoms with van der Waals surface area (Å²) in [4.78, 5) is 12.2. The van der Waals surface area contributed by atoms with E-state index >= 15 is 0 Å². The molecular formula is C15H12BrClINO. The monoisotopic (exact) mass is 463 g/mol. The molecule has 0 saturated carbocycles. The third-order valence-corrected chi connectivity index (χ3v) is 4.60. The molecule has 0 spiro atoms. The first-order chi connectivity index (χ1) is 9.60. The lowest BCUT2D eigenvalue weighted by Gasteiger charge is -2.08. The Morgan fingerprint density at radius 3 is 2.70 bits per heavy atom. The first kappa shape index (κ1) is 15.8. The Hall–Kier alpha value is -0.590. The SMILES string of the molecule is O=C(NCc1cccc(CBr)c1)c1cc(Cl)ccc1I. The quantitative estimate of drug-likeness (QED) is 0.513. The summed E-state index contributed by atoms with van der Waals surface area (Å²) in [6.07, 6.45) is 0. The third-order valence-electron chi connectivity index (χ3n) is 2.77. The summed E-state index contributed by atoms with van der Waals surface area (Å²) in [5, 5.41) is 4.29. The van der Waals surface area contributed by atoms with Gasteiger partial charge in [-0.05, 0) is 51.9 Å². The second-order valence-corrected chi connectivity index (χ2v) is 6.42. The lowest BCUT2D eigenvalue weighted by atomic mass is 10.1. The molecule has 2 nitrogen and oxygen atoms in total. The van der Waals surface area contributed by atoms with E-state index in [1.54, 1.807) is 12.1 Å². The summed E-state index contributed by atoms with van der Waals surface area (Å²) in [5.41, 5.74) is 2.87. The fraction of sp³-hybridized carbons (Fsp3) is 0.133. The Bertz CT molecular complexity index is 633. The zero-order chi connectivity index (χ0) is 14.5. The molecule has 0 atom stereocenters. The fourth-order valence-corrected chi connectivity index (χ4v) is 2.87. The van der Waals surface area contributed by atoms with Gasteiger partial charge in [-0.15, -0.1) is 0 Å². The summed E-state index contributed by atoms with van der Waals surface area (Å²) in [5.74, 6) is -0.110. The van der Waals surface area contributed by atoms with Gasteiger partial charge in [0.2, 0.25) is 0 Å². The molecule has 0 fully saturated rings. The summed E-state index contributed by atoms with van der Waals surface area (Å²) in [7, 11) is 0. The number of carbonyl (C=O) groups is 1. The Morgan fingerprint density at radius 2 is 1.95 bits per heavy atom. The Kier molecular flexibility index (Phi) is 5.86. The molecular weight excluding hydrogens is 452 g/mol. The maximum atomic E-state index is 12.2. The van der Waals surface area contributed by atoms with Crippen molar-refractivity contribution in [2.45, 2.75) is 11.9 Å². The molecule has 104 valence electrons. The molecule has 0 aliphatic heterocycles. The zero-order valence-corrected chi connectivity index (χ0v) is 15.0. The molecule has 0 aliphatic carbocycles. The van der Waals surface area contributed by atoms with E-state index < -0.39 is 0 Å². The number of rotatable bonds is 4. The van der Waals surface area contributed by atoms with Crippen LogP contribution in [0.15, 0.2) is 42.5 Å². The molecule has 20 heavy (non-hydrogen) atoms. The van der Waals surface area contributed by atoms with Gasteiger partial charge in [0.15, 0.2) is 0 Å². The number of halogens is 3. The standard InChI is InChI=1S/C15H12BrClINO/c16-8-10-2-1-3-11(6-10)9-19-15(20)13-7-12(17)4-5-14(13)18/h1-7H,8-9H2,(H,19,20). The number of alkyl halides is 1. The smallest absolute Gasteiger partial charge is 0.252 e. The molecule has 1 amide bonds. The topological polar surface area (TPSA) is 29.1 Å². The highest BCUT2D eigenvalue weighted by molar-refractivity contribution is 14.1. The van der Waals surface area contributed by atoms with Crippen molar-refractivity contribution < 1.29 is 4.79 Å². The Labute approximate surface area is 145 Å². The first-order valence-electron chi connectivity index (χ1n) is 5.97. The summed E-state index contributed by atoms with van der Waals surface area (Å²) in [6, 6.07) is 13.4. The van der Waals surface area contributed by atoms with E-state index in [1.165, 1.54) is 5.56 Å². The minimum Gasteiger partial charge on any atom is -0.348 e. The van der Waals surface area contributed by atoms with Gasteiger partial charge in [0.25, 0.3) is 5.91 Å².